The molecule has 2 aromatic rings. The predicted molar refractivity (Wildman–Crippen MR) is 131 cm³/mol. The molecule has 9 heteroatoms. The van der Waals surface area contributed by atoms with Gasteiger partial charge in [-0.05, 0) is 47.5 Å². The number of benzene rings is 2. The molecule has 2 aromatic carbocycles. The predicted octanol–water partition coefficient (Wildman–Crippen LogP) is 6.10. The number of carbonyl (C=O) groups is 2. The minimum atomic E-state index is -0.607. The Bertz CT molecular complexity index is 767. The van der Waals surface area contributed by atoms with Gasteiger partial charge in [0.05, 0.1) is 12.8 Å². The van der Waals surface area contributed by atoms with Crippen molar-refractivity contribution in [3.63, 3.8) is 0 Å². The molecular weight excluding hydrogens is 581 g/mol. The van der Waals surface area contributed by atoms with E-state index in [4.69, 9.17) is 0 Å². The van der Waals surface area contributed by atoms with Gasteiger partial charge in [-0.3, -0.25) is 9.59 Å². The number of hydrogen-bond donors (Lipinski definition) is 2. The van der Waals surface area contributed by atoms with Gasteiger partial charge in [-0.1, -0.05) is 92.4 Å². The molecule has 0 aliphatic rings. The number of alkyl halides is 1. The molecule has 186 valence electrons. The molecular formula is C23H35Ar2F2IN2O2. The third-order valence-corrected chi connectivity index (χ3v) is 3.68. The number of hydrogen-bond acceptors (Lipinski definition) is 2. The summed E-state index contributed by atoms with van der Waals surface area (Å²) in [4.78, 5) is 21.4. The van der Waals surface area contributed by atoms with Crippen LogP contribution in [0.4, 0.5) is 8.96 Å². The summed E-state index contributed by atoms with van der Waals surface area (Å²) in [5.41, 5.74) is 7.03. The van der Waals surface area contributed by atoms with E-state index in [0.29, 0.717) is 0 Å². The van der Waals surface area contributed by atoms with Gasteiger partial charge in [0.25, 0.3) is 11.8 Å². The van der Waals surface area contributed by atoms with Gasteiger partial charge < -0.3 is 0 Å². The summed E-state index contributed by atoms with van der Waals surface area (Å²) >= 11 is 2.29. The largest absolute Gasteiger partial charge is 0.272 e. The van der Waals surface area contributed by atoms with E-state index in [0.717, 1.165) is 38.9 Å². The van der Waals surface area contributed by atoms with Crippen LogP contribution in [0.5, 0.6) is 0 Å². The smallest absolute Gasteiger partial charge is 0.252 e. The van der Waals surface area contributed by atoms with Gasteiger partial charge >= 0.3 is 0 Å². The molecule has 32 heavy (non-hydrogen) atoms. The second-order valence-electron chi connectivity index (χ2n) is 6.01. The molecule has 2 amide bonds. The van der Waals surface area contributed by atoms with Crippen LogP contribution in [0.3, 0.4) is 0 Å². The summed E-state index contributed by atoms with van der Waals surface area (Å²) in [6.07, 6.45) is 0.202. The zero-order chi connectivity index (χ0) is 21.5. The SMILES string of the molecule is C.C.CCI.Cc1ccc(C)c(CC(=O)NF)c1.Cc1ccccc1CC(=O)NF.[Ar].[Ar]. The van der Waals surface area contributed by atoms with Gasteiger partial charge in [-0.25, -0.2) is 0 Å². The normalized spacial score (nSPS) is 8.09. The van der Waals surface area contributed by atoms with E-state index in [1.807, 2.05) is 63.2 Å². The molecule has 0 heterocycles. The number of amides is 2. The van der Waals surface area contributed by atoms with Crippen molar-refractivity contribution in [1.82, 2.24) is 11.1 Å². The number of nitrogens with one attached hydrogen (secondary N) is 2. The fourth-order valence-corrected chi connectivity index (χ4v) is 2.21. The van der Waals surface area contributed by atoms with Crippen molar-refractivity contribution < 1.29 is 94.0 Å². The standard InChI is InChI=1S/C10H12FNO.C9H10FNO.C2H5I.2CH4.2Ar/c1-7-3-4-8(2)9(5-7)6-10(13)12-11;1-7-4-2-3-5-8(7)6-9(12)11-10;1-2-3;;;;/h3-5H,6H2,1-2H3,(H,12,13);2-5H,6H2,1H3,(H,11,12);2H2,1H3;2*1H4;;. The van der Waals surface area contributed by atoms with Crippen LogP contribution >= 0.6 is 22.6 Å². The Morgan fingerprint density at radius 3 is 1.66 bits per heavy atom. The molecule has 0 saturated carbocycles. The van der Waals surface area contributed by atoms with Crippen molar-refractivity contribution in [3.05, 3.63) is 70.3 Å². The van der Waals surface area contributed by atoms with Crippen LogP contribution < -0.4 is 11.1 Å². The van der Waals surface area contributed by atoms with Crippen LogP contribution in [0, 0.1) is 96.2 Å². The molecule has 0 unspecified atom stereocenters. The van der Waals surface area contributed by atoms with E-state index < -0.39 is 11.8 Å². The van der Waals surface area contributed by atoms with Crippen LogP contribution in [-0.2, 0) is 22.4 Å². The number of rotatable bonds is 4. The Hall–Kier alpha value is 0.489. The Kier molecular flexibility index (Phi) is 34.8. The molecule has 0 aromatic heterocycles. The van der Waals surface area contributed by atoms with E-state index in [1.54, 1.807) is 0 Å². The molecule has 2 N–H and O–H groups in total. The van der Waals surface area contributed by atoms with Crippen molar-refractivity contribution in [2.24, 2.45) is 0 Å². The molecule has 2 rings (SSSR count). The fourth-order valence-electron chi connectivity index (χ4n) is 2.21. The van der Waals surface area contributed by atoms with Crippen LogP contribution in [0.25, 0.3) is 0 Å². The summed E-state index contributed by atoms with van der Waals surface area (Å²) in [6, 6.07) is 13.2. The Balaban J connectivity index is -0.000000122. The maximum atomic E-state index is 11.7. The zero-order valence-corrected chi connectivity index (χ0v) is 20.9. The first-order chi connectivity index (χ1) is 13.3. The monoisotopic (exact) mass is 616 g/mol. The fraction of sp³-hybridized carbons (Fsp3) is 0.391. The Labute approximate surface area is 266 Å². The third-order valence-electron chi connectivity index (χ3n) is 3.68. The zero-order valence-electron chi connectivity index (χ0n) is 17.3. The molecule has 0 fully saturated rings. The average molecular weight is 616 g/mol. The van der Waals surface area contributed by atoms with E-state index in [-0.39, 0.29) is 103 Å². The van der Waals surface area contributed by atoms with Gasteiger partial charge in [-0.2, -0.15) is 11.1 Å². The van der Waals surface area contributed by atoms with Crippen molar-refractivity contribution in [2.75, 3.05) is 4.43 Å². The van der Waals surface area contributed by atoms with E-state index in [9.17, 15) is 18.6 Å². The van der Waals surface area contributed by atoms with Crippen LogP contribution in [0.1, 0.15) is 49.6 Å². The molecule has 0 saturated heterocycles. The molecule has 0 atom stereocenters. The van der Waals surface area contributed by atoms with E-state index in [2.05, 4.69) is 29.5 Å². The first-order valence-corrected chi connectivity index (χ1v) is 10.3. The molecule has 0 bridgehead atoms. The molecule has 4 nitrogen and oxygen atoms in total. The summed E-state index contributed by atoms with van der Waals surface area (Å²) in [7, 11) is 0. The second kappa shape index (κ2) is 26.1. The summed E-state index contributed by atoms with van der Waals surface area (Å²) in [5, 5.41) is 0. The number of carbonyl (C=O) groups excluding carboxylic acids is 2. The second-order valence-corrected chi connectivity index (χ2v) is 7.54. The van der Waals surface area contributed by atoms with Crippen molar-refractivity contribution >= 4 is 34.4 Å². The maximum Gasteiger partial charge on any atom is 0.252 e. The van der Waals surface area contributed by atoms with Gasteiger partial charge in [0, 0.05) is 75.5 Å². The van der Waals surface area contributed by atoms with E-state index in [1.165, 1.54) is 4.43 Å². The third kappa shape index (κ3) is 19.9. The Morgan fingerprint density at radius 1 is 0.812 bits per heavy atom. The summed E-state index contributed by atoms with van der Waals surface area (Å²) in [5.74, 6) is -1.21. The van der Waals surface area contributed by atoms with Crippen LogP contribution in [0.2, 0.25) is 0 Å². The van der Waals surface area contributed by atoms with Gasteiger partial charge in [0.15, 0.2) is 0 Å². The van der Waals surface area contributed by atoms with Crippen molar-refractivity contribution in [1.29, 1.82) is 0 Å². The van der Waals surface area contributed by atoms with E-state index >= 15 is 0 Å². The van der Waals surface area contributed by atoms with Crippen LogP contribution in [-0.4, -0.2) is 16.2 Å². The minimum Gasteiger partial charge on any atom is -0.272 e. The van der Waals surface area contributed by atoms with Crippen LogP contribution in [0.15, 0.2) is 42.5 Å². The summed E-state index contributed by atoms with van der Waals surface area (Å²) < 4.78 is 24.5. The first kappa shape index (κ1) is 42.6. The van der Waals surface area contributed by atoms with Gasteiger partial charge in [-0.15, -0.1) is 8.96 Å². The molecule has 0 radical (unpaired) electrons. The van der Waals surface area contributed by atoms with Crippen molar-refractivity contribution in [2.45, 2.75) is 55.4 Å². The summed E-state index contributed by atoms with van der Waals surface area (Å²) in [6.45, 7) is 7.85. The van der Waals surface area contributed by atoms with Gasteiger partial charge in [0.1, 0.15) is 0 Å². The molecule has 0 aliphatic carbocycles. The average Bonchev–Trinajstić information content (AvgIpc) is 2.67. The molecule has 0 spiro atoms. The van der Waals surface area contributed by atoms with Crippen molar-refractivity contribution in [3.8, 4) is 0 Å². The quantitative estimate of drug-likeness (QED) is 0.248. The topological polar surface area (TPSA) is 58.2 Å². The minimum absolute atomic E-state index is 0. The number of aryl methyl sites for hydroxylation is 3. The first-order valence-electron chi connectivity index (χ1n) is 8.74. The van der Waals surface area contributed by atoms with Gasteiger partial charge in [0.2, 0.25) is 0 Å². The Morgan fingerprint density at radius 2 is 1.22 bits per heavy atom. The maximum absolute atomic E-state index is 11.7. The molecule has 0 aliphatic heterocycles. The number of halogens is 3.